The topological polar surface area (TPSA) is 37.3 Å². The third-order valence-electron chi connectivity index (χ3n) is 2.08. The predicted octanol–water partition coefficient (Wildman–Crippen LogP) is 1.98. The lowest BCUT2D eigenvalue weighted by atomic mass is 10.1. The molecular weight excluding hydrogens is 152 g/mol. The summed E-state index contributed by atoms with van der Waals surface area (Å²) in [5.74, 6) is 0.569. The molecule has 1 aliphatic rings. The van der Waals surface area contributed by atoms with Crippen molar-refractivity contribution < 1.29 is 9.90 Å². The monoisotopic (exact) mass is 162 g/mol. The minimum Gasteiger partial charge on any atom is -0.508 e. The van der Waals surface area contributed by atoms with Gasteiger partial charge in [0.1, 0.15) is 5.75 Å². The van der Waals surface area contributed by atoms with Crippen LogP contribution in [0.25, 0.3) is 0 Å². The highest BCUT2D eigenvalue weighted by molar-refractivity contribution is 5.99. The Bertz CT molecular complexity index is 313. The van der Waals surface area contributed by atoms with E-state index >= 15 is 0 Å². The van der Waals surface area contributed by atoms with Crippen molar-refractivity contribution in [1.82, 2.24) is 0 Å². The number of hydrogen-bond donors (Lipinski definition) is 1. The van der Waals surface area contributed by atoms with Gasteiger partial charge in [-0.3, -0.25) is 4.79 Å². The van der Waals surface area contributed by atoms with Crippen LogP contribution in [-0.2, 0) is 0 Å². The molecule has 0 spiro atoms. The Balaban J connectivity index is 2.26. The fraction of sp³-hybridized carbons (Fsp3) is 0.300. The number of phenols is 1. The van der Waals surface area contributed by atoms with Gasteiger partial charge in [-0.05, 0) is 25.0 Å². The van der Waals surface area contributed by atoms with Gasteiger partial charge in [-0.25, -0.2) is 0 Å². The Morgan fingerprint density at radius 3 is 2.75 bits per heavy atom. The summed E-state index contributed by atoms with van der Waals surface area (Å²) in [6.45, 7) is 0. The minimum atomic E-state index is 0.168. The Kier molecular flexibility index (Phi) is 1.61. The molecule has 0 amide bonds. The van der Waals surface area contributed by atoms with E-state index in [0.717, 1.165) is 12.8 Å². The van der Waals surface area contributed by atoms with Crippen molar-refractivity contribution in [3.05, 3.63) is 29.8 Å². The van der Waals surface area contributed by atoms with Crippen molar-refractivity contribution in [3.63, 3.8) is 0 Å². The average molecular weight is 162 g/mol. The fourth-order valence-corrected chi connectivity index (χ4v) is 1.24. The van der Waals surface area contributed by atoms with E-state index in [1.807, 2.05) is 0 Å². The van der Waals surface area contributed by atoms with E-state index in [-0.39, 0.29) is 17.5 Å². The van der Waals surface area contributed by atoms with E-state index in [1.54, 1.807) is 18.2 Å². The van der Waals surface area contributed by atoms with Crippen LogP contribution >= 0.6 is 0 Å². The van der Waals surface area contributed by atoms with Gasteiger partial charge in [0.15, 0.2) is 5.78 Å². The van der Waals surface area contributed by atoms with Crippen molar-refractivity contribution in [2.75, 3.05) is 0 Å². The molecule has 0 heterocycles. The van der Waals surface area contributed by atoms with E-state index in [9.17, 15) is 4.79 Å². The van der Waals surface area contributed by atoms with Gasteiger partial charge in [-0.2, -0.15) is 0 Å². The smallest absolute Gasteiger partial charge is 0.166 e. The van der Waals surface area contributed by atoms with Crippen molar-refractivity contribution in [3.8, 4) is 5.75 Å². The molecule has 0 saturated heterocycles. The van der Waals surface area contributed by atoms with Crippen molar-refractivity contribution >= 4 is 5.78 Å². The van der Waals surface area contributed by atoms with Gasteiger partial charge in [-0.15, -0.1) is 0 Å². The summed E-state index contributed by atoms with van der Waals surface area (Å²) in [5.41, 5.74) is 0.637. The van der Waals surface area contributed by atoms with E-state index in [1.165, 1.54) is 6.07 Å². The highest BCUT2D eigenvalue weighted by Gasteiger charge is 2.30. The van der Waals surface area contributed by atoms with E-state index < -0.39 is 0 Å². The highest BCUT2D eigenvalue weighted by Crippen LogP contribution is 2.33. The van der Waals surface area contributed by atoms with E-state index in [2.05, 4.69) is 0 Å². The maximum atomic E-state index is 11.4. The lowest BCUT2D eigenvalue weighted by Gasteiger charge is -1.98. The first-order chi connectivity index (χ1) is 5.77. The number of aromatic hydroxyl groups is 1. The molecule has 2 nitrogen and oxygen atoms in total. The molecule has 1 saturated carbocycles. The van der Waals surface area contributed by atoms with Gasteiger partial charge in [-0.1, -0.05) is 12.1 Å². The van der Waals surface area contributed by atoms with E-state index in [0.29, 0.717) is 5.56 Å². The van der Waals surface area contributed by atoms with Crippen molar-refractivity contribution in [2.24, 2.45) is 5.92 Å². The zero-order valence-electron chi connectivity index (χ0n) is 6.66. The van der Waals surface area contributed by atoms with Crippen LogP contribution in [0.2, 0.25) is 0 Å². The van der Waals surface area contributed by atoms with Crippen LogP contribution in [0.3, 0.4) is 0 Å². The summed E-state index contributed by atoms with van der Waals surface area (Å²) >= 11 is 0. The normalized spacial score (nSPS) is 16.0. The molecule has 0 atom stereocenters. The van der Waals surface area contributed by atoms with Crippen molar-refractivity contribution in [2.45, 2.75) is 12.8 Å². The molecule has 2 rings (SSSR count). The first kappa shape index (κ1) is 7.35. The van der Waals surface area contributed by atoms with Gasteiger partial charge in [0.05, 0.1) is 0 Å². The maximum absolute atomic E-state index is 11.4. The van der Waals surface area contributed by atoms with Gasteiger partial charge in [0.2, 0.25) is 0 Å². The second-order valence-electron chi connectivity index (χ2n) is 3.19. The van der Waals surface area contributed by atoms with Crippen LogP contribution in [0, 0.1) is 5.92 Å². The maximum Gasteiger partial charge on any atom is 0.166 e. The number of carbonyl (C=O) groups excluding carboxylic acids is 1. The summed E-state index contributed by atoms with van der Waals surface area (Å²) in [4.78, 5) is 11.4. The number of rotatable bonds is 2. The van der Waals surface area contributed by atoms with Gasteiger partial charge < -0.3 is 5.11 Å². The van der Waals surface area contributed by atoms with Crippen LogP contribution in [0.1, 0.15) is 23.2 Å². The molecule has 1 N–H and O–H groups in total. The first-order valence-corrected chi connectivity index (χ1v) is 4.10. The highest BCUT2D eigenvalue weighted by atomic mass is 16.3. The fourth-order valence-electron chi connectivity index (χ4n) is 1.24. The number of ketones is 1. The standard InChI is InChI=1S/C10H10O2/c11-9-3-1-2-8(6-9)10(12)7-4-5-7/h1-3,6-7,11H,4-5H2. The van der Waals surface area contributed by atoms with Crippen LogP contribution < -0.4 is 0 Å². The average Bonchev–Trinajstić information content (AvgIpc) is 2.85. The number of benzene rings is 1. The lowest BCUT2D eigenvalue weighted by molar-refractivity contribution is 0.0967. The summed E-state index contributed by atoms with van der Waals surface area (Å²) in [6, 6.07) is 6.55. The third-order valence-corrected chi connectivity index (χ3v) is 2.08. The molecule has 0 unspecified atom stereocenters. The zero-order chi connectivity index (χ0) is 8.55. The molecule has 1 aromatic carbocycles. The van der Waals surface area contributed by atoms with Crippen LogP contribution in [0.5, 0.6) is 5.75 Å². The quantitative estimate of drug-likeness (QED) is 0.675. The van der Waals surface area contributed by atoms with Crippen LogP contribution in [0.4, 0.5) is 0 Å². The molecule has 62 valence electrons. The van der Waals surface area contributed by atoms with Gasteiger partial charge in [0.25, 0.3) is 0 Å². The second-order valence-corrected chi connectivity index (χ2v) is 3.19. The lowest BCUT2D eigenvalue weighted by Crippen LogP contribution is -1.99. The third kappa shape index (κ3) is 1.33. The summed E-state index contributed by atoms with van der Waals surface area (Å²) in [6.07, 6.45) is 2.02. The van der Waals surface area contributed by atoms with Crippen LogP contribution in [-0.4, -0.2) is 10.9 Å². The molecule has 0 bridgehead atoms. The predicted molar refractivity (Wildman–Crippen MR) is 45.2 cm³/mol. The number of phenolic OH excluding ortho intramolecular Hbond substituents is 1. The van der Waals surface area contributed by atoms with Crippen LogP contribution in [0.15, 0.2) is 24.3 Å². The molecule has 12 heavy (non-hydrogen) atoms. The van der Waals surface area contributed by atoms with Gasteiger partial charge in [0, 0.05) is 11.5 Å². The number of hydrogen-bond acceptors (Lipinski definition) is 2. The number of Topliss-reactive ketones (excluding diaryl/α,β-unsaturated/α-hetero) is 1. The summed E-state index contributed by atoms with van der Waals surface area (Å²) in [5, 5.41) is 9.11. The minimum absolute atomic E-state index is 0.168. The molecule has 0 radical (unpaired) electrons. The second kappa shape index (κ2) is 2.63. The molecule has 1 aromatic rings. The van der Waals surface area contributed by atoms with E-state index in [4.69, 9.17) is 5.11 Å². The Morgan fingerprint density at radius 1 is 1.42 bits per heavy atom. The number of carbonyl (C=O) groups is 1. The molecule has 0 aliphatic heterocycles. The van der Waals surface area contributed by atoms with Crippen molar-refractivity contribution in [1.29, 1.82) is 0 Å². The molecule has 1 fully saturated rings. The SMILES string of the molecule is O=C(c1cccc(O)c1)C1CC1. The summed E-state index contributed by atoms with van der Waals surface area (Å²) in [7, 11) is 0. The summed E-state index contributed by atoms with van der Waals surface area (Å²) < 4.78 is 0. The first-order valence-electron chi connectivity index (χ1n) is 4.10. The Hall–Kier alpha value is -1.31. The Morgan fingerprint density at radius 2 is 2.17 bits per heavy atom. The largest absolute Gasteiger partial charge is 0.508 e. The molecular formula is C10H10O2. The molecule has 2 heteroatoms. The van der Waals surface area contributed by atoms with Gasteiger partial charge >= 0.3 is 0 Å². The Labute approximate surface area is 70.8 Å². The molecule has 0 aromatic heterocycles. The zero-order valence-corrected chi connectivity index (χ0v) is 6.66. The molecule has 1 aliphatic carbocycles.